The minimum Gasteiger partial charge on any atom is -0.375 e. The number of methoxy groups -OCH3 is 1. The van der Waals surface area contributed by atoms with Gasteiger partial charge in [-0.25, -0.2) is 0 Å². The lowest BCUT2D eigenvalue weighted by atomic mass is 10.2. The van der Waals surface area contributed by atoms with Crippen molar-refractivity contribution in [2.75, 3.05) is 26.9 Å². The van der Waals surface area contributed by atoms with Gasteiger partial charge in [-0.05, 0) is 31.4 Å². The Balaban J connectivity index is 1.79. The lowest BCUT2D eigenvalue weighted by molar-refractivity contribution is -0.148. The summed E-state index contributed by atoms with van der Waals surface area (Å²) in [4.78, 5) is 14.3. The number of nitrogens with zero attached hydrogens (tertiary/aromatic N) is 2. The van der Waals surface area contributed by atoms with Crippen molar-refractivity contribution in [3.8, 4) is 0 Å². The van der Waals surface area contributed by atoms with Crippen LogP contribution in [0.25, 0.3) is 10.9 Å². The average Bonchev–Trinajstić information content (AvgIpc) is 3.07. The first-order valence-electron chi connectivity index (χ1n) is 8.51. The van der Waals surface area contributed by atoms with E-state index in [2.05, 4.69) is 22.8 Å². The minimum absolute atomic E-state index is 0.0546. The second-order valence-corrected chi connectivity index (χ2v) is 6.91. The summed E-state index contributed by atoms with van der Waals surface area (Å²) < 4.78 is 18.7. The van der Waals surface area contributed by atoms with E-state index in [9.17, 15) is 4.79 Å². The molecule has 3 rings (SSSR count). The van der Waals surface area contributed by atoms with Gasteiger partial charge in [-0.1, -0.05) is 18.2 Å². The number of amides is 1. The predicted molar refractivity (Wildman–Crippen MR) is 95.1 cm³/mol. The molecule has 1 aliphatic rings. The topological polar surface area (TPSA) is 52.9 Å². The van der Waals surface area contributed by atoms with Crippen LogP contribution in [0.4, 0.5) is 0 Å². The second-order valence-electron chi connectivity index (χ2n) is 6.91. The molecule has 1 unspecified atom stereocenters. The molecule has 0 bridgehead atoms. The van der Waals surface area contributed by atoms with Crippen molar-refractivity contribution < 1.29 is 19.0 Å². The Labute approximate surface area is 148 Å². The molecule has 1 fully saturated rings. The van der Waals surface area contributed by atoms with Crippen molar-refractivity contribution in [2.24, 2.45) is 7.05 Å². The van der Waals surface area contributed by atoms with Gasteiger partial charge in [0.1, 0.15) is 12.7 Å². The zero-order chi connectivity index (χ0) is 18.0. The zero-order valence-corrected chi connectivity index (χ0v) is 15.3. The van der Waals surface area contributed by atoms with Crippen LogP contribution in [0.3, 0.4) is 0 Å². The Morgan fingerprint density at radius 2 is 2.16 bits per heavy atom. The average molecular weight is 346 g/mol. The van der Waals surface area contributed by atoms with Crippen LogP contribution in [0, 0.1) is 0 Å². The summed E-state index contributed by atoms with van der Waals surface area (Å²) in [6.07, 6.45) is -0.134. The Morgan fingerprint density at radius 3 is 2.80 bits per heavy atom. The summed E-state index contributed by atoms with van der Waals surface area (Å²) in [6, 6.07) is 10.3. The van der Waals surface area contributed by atoms with Crippen molar-refractivity contribution in [2.45, 2.75) is 32.3 Å². The molecule has 0 radical (unpaired) electrons. The van der Waals surface area contributed by atoms with E-state index in [1.54, 1.807) is 4.90 Å². The van der Waals surface area contributed by atoms with Gasteiger partial charge in [0, 0.05) is 31.9 Å². The molecule has 0 saturated carbocycles. The van der Waals surface area contributed by atoms with Crippen LogP contribution in [-0.2, 0) is 32.6 Å². The highest BCUT2D eigenvalue weighted by Gasteiger charge is 2.34. The smallest absolute Gasteiger partial charge is 0.248 e. The fraction of sp³-hybridized carbons (Fsp3) is 0.526. The lowest BCUT2D eigenvalue weighted by Crippen LogP contribution is -2.40. The predicted octanol–water partition coefficient (Wildman–Crippen LogP) is 2.30. The van der Waals surface area contributed by atoms with E-state index in [1.165, 1.54) is 12.5 Å². The standard InChI is InChI=1S/C19H26N2O4/c1-19(2)24-12-16(25-19)11-21(18(22)13-23-4)10-15-9-14-7-5-6-8-17(14)20(15)3/h5-9,16H,10-13H2,1-4H3. The summed E-state index contributed by atoms with van der Waals surface area (Å²) in [5, 5.41) is 1.17. The van der Waals surface area contributed by atoms with Gasteiger partial charge in [0.25, 0.3) is 0 Å². The maximum absolute atomic E-state index is 12.5. The Bertz CT molecular complexity index is 753. The third-order valence-electron chi connectivity index (χ3n) is 4.52. The molecular weight excluding hydrogens is 320 g/mol. The van der Waals surface area contributed by atoms with E-state index in [4.69, 9.17) is 14.2 Å². The molecule has 6 nitrogen and oxygen atoms in total. The molecule has 0 aliphatic carbocycles. The molecule has 136 valence electrons. The molecule has 1 atom stereocenters. The SMILES string of the molecule is COCC(=O)N(Cc1cc2ccccc2n1C)CC1COC(C)(C)O1. The number of fused-ring (bicyclic) bond motifs is 1. The summed E-state index contributed by atoms with van der Waals surface area (Å²) in [6.45, 7) is 5.30. The van der Waals surface area contributed by atoms with Crippen LogP contribution in [0.1, 0.15) is 19.5 Å². The van der Waals surface area contributed by atoms with Gasteiger partial charge < -0.3 is 23.7 Å². The normalized spacial score (nSPS) is 19.4. The molecule has 1 aromatic heterocycles. The molecule has 0 N–H and O–H groups in total. The van der Waals surface area contributed by atoms with Crippen molar-refractivity contribution >= 4 is 16.8 Å². The third kappa shape index (κ3) is 4.03. The van der Waals surface area contributed by atoms with Gasteiger partial charge in [-0.15, -0.1) is 0 Å². The molecule has 2 aromatic rings. The maximum Gasteiger partial charge on any atom is 0.248 e. The largest absolute Gasteiger partial charge is 0.375 e. The lowest BCUT2D eigenvalue weighted by Gasteiger charge is -2.26. The number of hydrogen-bond acceptors (Lipinski definition) is 4. The fourth-order valence-electron chi connectivity index (χ4n) is 3.26. The number of carbonyl (C=O) groups excluding carboxylic acids is 1. The molecule has 0 spiro atoms. The van der Waals surface area contributed by atoms with Gasteiger partial charge in [0.05, 0.1) is 13.2 Å². The van der Waals surface area contributed by atoms with Crippen LogP contribution in [0.5, 0.6) is 0 Å². The highest BCUT2D eigenvalue weighted by molar-refractivity contribution is 5.82. The Hall–Kier alpha value is -1.89. The maximum atomic E-state index is 12.5. The number of ether oxygens (including phenoxy) is 3. The van der Waals surface area contributed by atoms with Crippen LogP contribution >= 0.6 is 0 Å². The molecule has 6 heteroatoms. The number of hydrogen-bond donors (Lipinski definition) is 0. The van der Waals surface area contributed by atoms with Crippen LogP contribution in [0.15, 0.2) is 30.3 Å². The summed E-state index contributed by atoms with van der Waals surface area (Å²) in [5.41, 5.74) is 2.22. The first kappa shape index (κ1) is 17.9. The van der Waals surface area contributed by atoms with Crippen molar-refractivity contribution in [3.63, 3.8) is 0 Å². The molecule has 1 saturated heterocycles. The van der Waals surface area contributed by atoms with Gasteiger partial charge in [0.2, 0.25) is 5.91 Å². The summed E-state index contributed by atoms with van der Waals surface area (Å²) in [5.74, 6) is -0.652. The van der Waals surface area contributed by atoms with Crippen molar-refractivity contribution in [1.82, 2.24) is 9.47 Å². The molecular formula is C19H26N2O4. The fourth-order valence-corrected chi connectivity index (χ4v) is 3.26. The van der Waals surface area contributed by atoms with E-state index in [0.29, 0.717) is 19.7 Å². The third-order valence-corrected chi connectivity index (χ3v) is 4.52. The second kappa shape index (κ2) is 7.15. The molecule has 2 heterocycles. The van der Waals surface area contributed by atoms with Crippen molar-refractivity contribution in [1.29, 1.82) is 0 Å². The summed E-state index contributed by atoms with van der Waals surface area (Å²) in [7, 11) is 3.56. The molecule has 1 amide bonds. The highest BCUT2D eigenvalue weighted by atomic mass is 16.7. The number of para-hydroxylation sites is 1. The van der Waals surface area contributed by atoms with E-state index in [0.717, 1.165) is 11.2 Å². The molecule has 25 heavy (non-hydrogen) atoms. The zero-order valence-electron chi connectivity index (χ0n) is 15.3. The van der Waals surface area contributed by atoms with E-state index in [-0.39, 0.29) is 18.6 Å². The Morgan fingerprint density at radius 1 is 1.40 bits per heavy atom. The van der Waals surface area contributed by atoms with E-state index in [1.807, 2.05) is 33.0 Å². The minimum atomic E-state index is -0.597. The number of rotatable bonds is 6. The van der Waals surface area contributed by atoms with E-state index < -0.39 is 5.79 Å². The number of aromatic nitrogens is 1. The number of benzene rings is 1. The van der Waals surface area contributed by atoms with Crippen LogP contribution in [-0.4, -0.2) is 54.1 Å². The van der Waals surface area contributed by atoms with E-state index >= 15 is 0 Å². The van der Waals surface area contributed by atoms with Crippen LogP contribution < -0.4 is 0 Å². The van der Waals surface area contributed by atoms with Gasteiger partial charge in [-0.3, -0.25) is 4.79 Å². The van der Waals surface area contributed by atoms with Gasteiger partial charge in [-0.2, -0.15) is 0 Å². The number of carbonyl (C=O) groups is 1. The highest BCUT2D eigenvalue weighted by Crippen LogP contribution is 2.24. The first-order chi connectivity index (χ1) is 11.9. The van der Waals surface area contributed by atoms with Crippen molar-refractivity contribution in [3.05, 3.63) is 36.0 Å². The van der Waals surface area contributed by atoms with Crippen LogP contribution in [0.2, 0.25) is 0 Å². The molecule has 1 aromatic carbocycles. The van der Waals surface area contributed by atoms with Gasteiger partial charge >= 0.3 is 0 Å². The Kier molecular flexibility index (Phi) is 5.13. The summed E-state index contributed by atoms with van der Waals surface area (Å²) >= 11 is 0. The number of aryl methyl sites for hydroxylation is 1. The monoisotopic (exact) mass is 346 g/mol. The first-order valence-corrected chi connectivity index (χ1v) is 8.51. The quantitative estimate of drug-likeness (QED) is 0.805. The molecule has 1 aliphatic heterocycles. The van der Waals surface area contributed by atoms with Gasteiger partial charge in [0.15, 0.2) is 5.79 Å².